The third-order valence-electron chi connectivity index (χ3n) is 4.10. The first-order valence-electron chi connectivity index (χ1n) is 7.22. The van der Waals surface area contributed by atoms with Crippen molar-refractivity contribution in [2.75, 3.05) is 25.5 Å². The predicted octanol–water partition coefficient (Wildman–Crippen LogP) is 2.01. The van der Waals surface area contributed by atoms with E-state index in [1.54, 1.807) is 24.3 Å². The van der Waals surface area contributed by atoms with Crippen LogP contribution in [-0.4, -0.2) is 32.1 Å². The Morgan fingerprint density at radius 1 is 1.36 bits per heavy atom. The van der Waals surface area contributed by atoms with Crippen LogP contribution < -0.4 is 10.6 Å². The van der Waals surface area contributed by atoms with Crippen LogP contribution in [0.2, 0.25) is 0 Å². The van der Waals surface area contributed by atoms with Crippen molar-refractivity contribution in [3.8, 4) is 0 Å². The molecule has 2 heterocycles. The molecule has 0 radical (unpaired) electrons. The Bertz CT molecular complexity index is 718. The molecule has 3 rings (SSSR count). The summed E-state index contributed by atoms with van der Waals surface area (Å²) < 4.78 is 10.0. The van der Waals surface area contributed by atoms with E-state index in [0.29, 0.717) is 17.2 Å². The van der Waals surface area contributed by atoms with Crippen LogP contribution in [-0.2, 0) is 9.53 Å². The van der Waals surface area contributed by atoms with Crippen LogP contribution in [0.1, 0.15) is 17.5 Å². The van der Waals surface area contributed by atoms with E-state index < -0.39 is 5.97 Å². The zero-order valence-corrected chi connectivity index (χ0v) is 12.5. The first kappa shape index (κ1) is 14.6. The van der Waals surface area contributed by atoms with E-state index in [4.69, 9.17) is 4.42 Å². The SMILES string of the molecule is COC(=O)c1cc2cc(NC(=O)C(C)C3CNC3)ccc2o1. The van der Waals surface area contributed by atoms with Crippen LogP contribution in [0.15, 0.2) is 28.7 Å². The Labute approximate surface area is 127 Å². The molecule has 22 heavy (non-hydrogen) atoms. The number of carbonyl (C=O) groups excluding carboxylic acids is 2. The number of esters is 1. The molecule has 1 aliphatic rings. The number of rotatable bonds is 4. The highest BCUT2D eigenvalue weighted by molar-refractivity contribution is 5.97. The Kier molecular flexibility index (Phi) is 3.85. The number of benzene rings is 1. The average Bonchev–Trinajstić information content (AvgIpc) is 2.87. The molecule has 1 aliphatic heterocycles. The van der Waals surface area contributed by atoms with E-state index >= 15 is 0 Å². The van der Waals surface area contributed by atoms with Crippen molar-refractivity contribution in [3.05, 3.63) is 30.0 Å². The lowest BCUT2D eigenvalue weighted by molar-refractivity contribution is -0.121. The van der Waals surface area contributed by atoms with Crippen LogP contribution in [0.5, 0.6) is 0 Å². The molecular formula is C16H18N2O4. The summed E-state index contributed by atoms with van der Waals surface area (Å²) in [5, 5.41) is 6.83. The number of amides is 1. The zero-order chi connectivity index (χ0) is 15.7. The molecule has 2 N–H and O–H groups in total. The molecular weight excluding hydrogens is 284 g/mol. The van der Waals surface area contributed by atoms with E-state index in [9.17, 15) is 9.59 Å². The van der Waals surface area contributed by atoms with Gasteiger partial charge in [0.1, 0.15) is 5.58 Å². The number of hydrogen-bond donors (Lipinski definition) is 2. The predicted molar refractivity (Wildman–Crippen MR) is 81.7 cm³/mol. The highest BCUT2D eigenvalue weighted by Crippen LogP contribution is 2.25. The standard InChI is InChI=1S/C16H18N2O4/c1-9(11-7-17-8-11)15(19)18-12-3-4-13-10(5-12)6-14(22-13)16(20)21-2/h3-6,9,11,17H,7-8H2,1-2H3,(H,18,19). The molecule has 1 aromatic heterocycles. The van der Waals surface area contributed by atoms with Gasteiger partial charge in [-0.15, -0.1) is 0 Å². The molecule has 1 aromatic carbocycles. The van der Waals surface area contributed by atoms with Crippen LogP contribution >= 0.6 is 0 Å². The molecule has 0 saturated carbocycles. The second-order valence-corrected chi connectivity index (χ2v) is 5.55. The molecule has 116 valence electrons. The van der Waals surface area contributed by atoms with Gasteiger partial charge in [0.05, 0.1) is 7.11 Å². The summed E-state index contributed by atoms with van der Waals surface area (Å²) in [6.07, 6.45) is 0. The van der Waals surface area contributed by atoms with E-state index in [1.807, 2.05) is 6.92 Å². The van der Waals surface area contributed by atoms with Gasteiger partial charge in [0.15, 0.2) is 0 Å². The molecule has 1 atom stereocenters. The highest BCUT2D eigenvalue weighted by atomic mass is 16.5. The second-order valence-electron chi connectivity index (χ2n) is 5.55. The lowest BCUT2D eigenvalue weighted by Gasteiger charge is -2.31. The van der Waals surface area contributed by atoms with Crippen molar-refractivity contribution < 1.29 is 18.7 Å². The van der Waals surface area contributed by atoms with Crippen LogP contribution in [0, 0.1) is 11.8 Å². The van der Waals surface area contributed by atoms with Gasteiger partial charge in [0.2, 0.25) is 11.7 Å². The molecule has 0 spiro atoms. The molecule has 6 nitrogen and oxygen atoms in total. The van der Waals surface area contributed by atoms with E-state index in [2.05, 4.69) is 15.4 Å². The smallest absolute Gasteiger partial charge is 0.373 e. The first-order valence-corrected chi connectivity index (χ1v) is 7.22. The molecule has 0 aliphatic carbocycles. The Balaban J connectivity index is 1.76. The second kappa shape index (κ2) is 5.81. The van der Waals surface area contributed by atoms with Crippen molar-refractivity contribution in [2.24, 2.45) is 11.8 Å². The summed E-state index contributed by atoms with van der Waals surface area (Å²) in [4.78, 5) is 23.7. The topological polar surface area (TPSA) is 80.6 Å². The zero-order valence-electron chi connectivity index (χ0n) is 12.5. The minimum Gasteiger partial charge on any atom is -0.463 e. The molecule has 1 amide bonds. The summed E-state index contributed by atoms with van der Waals surface area (Å²) in [6.45, 7) is 3.71. The first-order chi connectivity index (χ1) is 10.6. The van der Waals surface area contributed by atoms with Gasteiger partial charge in [-0.3, -0.25) is 4.79 Å². The monoisotopic (exact) mass is 302 g/mol. The number of ether oxygens (including phenoxy) is 1. The normalized spacial score (nSPS) is 16.1. The minimum atomic E-state index is -0.520. The van der Waals surface area contributed by atoms with Gasteiger partial charge in [-0.1, -0.05) is 6.92 Å². The fraction of sp³-hybridized carbons (Fsp3) is 0.375. The molecule has 1 unspecified atom stereocenters. The van der Waals surface area contributed by atoms with Crippen molar-refractivity contribution >= 4 is 28.5 Å². The molecule has 0 bridgehead atoms. The number of hydrogen-bond acceptors (Lipinski definition) is 5. The summed E-state index contributed by atoms with van der Waals surface area (Å²) in [5.74, 6) is -0.0131. The third kappa shape index (κ3) is 2.69. The number of anilines is 1. The van der Waals surface area contributed by atoms with Gasteiger partial charge in [0, 0.05) is 17.0 Å². The minimum absolute atomic E-state index is 0.00235. The molecule has 6 heteroatoms. The van der Waals surface area contributed by atoms with Crippen molar-refractivity contribution in [1.82, 2.24) is 5.32 Å². The highest BCUT2D eigenvalue weighted by Gasteiger charge is 2.28. The van der Waals surface area contributed by atoms with E-state index in [0.717, 1.165) is 18.5 Å². The maximum atomic E-state index is 12.2. The number of fused-ring (bicyclic) bond motifs is 1. The Hall–Kier alpha value is -2.34. The summed E-state index contributed by atoms with van der Waals surface area (Å²) in [7, 11) is 1.30. The summed E-state index contributed by atoms with van der Waals surface area (Å²) in [6, 6.07) is 6.88. The van der Waals surface area contributed by atoms with Gasteiger partial charge >= 0.3 is 5.97 Å². The van der Waals surface area contributed by atoms with Crippen LogP contribution in [0.4, 0.5) is 5.69 Å². The number of methoxy groups -OCH3 is 1. The lowest BCUT2D eigenvalue weighted by atomic mass is 9.88. The molecule has 2 aromatic rings. The largest absolute Gasteiger partial charge is 0.463 e. The fourth-order valence-electron chi connectivity index (χ4n) is 2.46. The fourth-order valence-corrected chi connectivity index (χ4v) is 2.46. The lowest BCUT2D eigenvalue weighted by Crippen LogP contribution is -2.48. The molecule has 1 saturated heterocycles. The van der Waals surface area contributed by atoms with Crippen LogP contribution in [0.3, 0.4) is 0 Å². The van der Waals surface area contributed by atoms with Gasteiger partial charge in [0.25, 0.3) is 0 Å². The number of carbonyl (C=O) groups is 2. The average molecular weight is 302 g/mol. The maximum Gasteiger partial charge on any atom is 0.373 e. The van der Waals surface area contributed by atoms with Gasteiger partial charge in [-0.25, -0.2) is 4.79 Å². The summed E-state index contributed by atoms with van der Waals surface area (Å²) >= 11 is 0. The van der Waals surface area contributed by atoms with Crippen molar-refractivity contribution in [1.29, 1.82) is 0 Å². The van der Waals surface area contributed by atoms with Gasteiger partial charge in [-0.2, -0.15) is 0 Å². The molecule has 1 fully saturated rings. The number of furan rings is 1. The van der Waals surface area contributed by atoms with Crippen molar-refractivity contribution in [3.63, 3.8) is 0 Å². The summed E-state index contributed by atoms with van der Waals surface area (Å²) in [5.41, 5.74) is 1.27. The Morgan fingerprint density at radius 2 is 2.14 bits per heavy atom. The maximum absolute atomic E-state index is 12.2. The van der Waals surface area contributed by atoms with E-state index in [-0.39, 0.29) is 17.6 Å². The van der Waals surface area contributed by atoms with E-state index in [1.165, 1.54) is 7.11 Å². The Morgan fingerprint density at radius 3 is 2.77 bits per heavy atom. The van der Waals surface area contributed by atoms with Crippen LogP contribution in [0.25, 0.3) is 11.0 Å². The van der Waals surface area contributed by atoms with Gasteiger partial charge < -0.3 is 19.8 Å². The number of nitrogens with one attached hydrogen (secondary N) is 2. The third-order valence-corrected chi connectivity index (χ3v) is 4.10. The van der Waals surface area contributed by atoms with Crippen molar-refractivity contribution in [2.45, 2.75) is 6.92 Å². The quantitative estimate of drug-likeness (QED) is 0.845. The van der Waals surface area contributed by atoms with Gasteiger partial charge in [-0.05, 0) is 43.3 Å².